The van der Waals surface area contributed by atoms with Crippen LogP contribution in [0.1, 0.15) is 12.5 Å². The third-order valence-corrected chi connectivity index (χ3v) is 3.89. The first kappa shape index (κ1) is 15.1. The molecule has 1 atom stereocenters. The number of ether oxygens (including phenoxy) is 1. The summed E-state index contributed by atoms with van der Waals surface area (Å²) in [5.74, 6) is 0.103. The molecule has 0 bridgehead atoms. The molecule has 0 spiro atoms. The SMILES string of the molecule is COCC(C)CNS(=O)(=O)c1cccc(CO)c1. The highest BCUT2D eigenvalue weighted by molar-refractivity contribution is 7.89. The largest absolute Gasteiger partial charge is 0.392 e. The van der Waals surface area contributed by atoms with Crippen LogP contribution >= 0.6 is 0 Å². The minimum absolute atomic E-state index is 0.103. The number of benzene rings is 1. The average Bonchev–Trinajstić information content (AvgIpc) is 2.37. The first-order chi connectivity index (χ1) is 8.49. The van der Waals surface area contributed by atoms with Gasteiger partial charge in [-0.25, -0.2) is 13.1 Å². The second-order valence-electron chi connectivity index (χ2n) is 4.22. The predicted molar refractivity (Wildman–Crippen MR) is 68.6 cm³/mol. The molecule has 1 rings (SSSR count). The van der Waals surface area contributed by atoms with Gasteiger partial charge in [-0.3, -0.25) is 0 Å². The Morgan fingerprint density at radius 3 is 2.78 bits per heavy atom. The molecule has 1 unspecified atom stereocenters. The van der Waals surface area contributed by atoms with Crippen molar-refractivity contribution in [3.05, 3.63) is 29.8 Å². The van der Waals surface area contributed by atoms with Gasteiger partial charge in [-0.1, -0.05) is 19.1 Å². The molecule has 18 heavy (non-hydrogen) atoms. The fourth-order valence-electron chi connectivity index (χ4n) is 1.49. The highest BCUT2D eigenvalue weighted by Crippen LogP contribution is 2.11. The minimum Gasteiger partial charge on any atom is -0.392 e. The topological polar surface area (TPSA) is 75.6 Å². The Bertz CT molecular complexity index is 473. The zero-order chi connectivity index (χ0) is 13.6. The van der Waals surface area contributed by atoms with Crippen LogP contribution in [0.4, 0.5) is 0 Å². The van der Waals surface area contributed by atoms with E-state index in [0.29, 0.717) is 18.7 Å². The molecule has 0 amide bonds. The lowest BCUT2D eigenvalue weighted by Crippen LogP contribution is -2.30. The first-order valence-electron chi connectivity index (χ1n) is 5.68. The Morgan fingerprint density at radius 2 is 2.17 bits per heavy atom. The van der Waals surface area contributed by atoms with Crippen LogP contribution in [0.2, 0.25) is 0 Å². The number of rotatable bonds is 7. The molecule has 0 fully saturated rings. The van der Waals surface area contributed by atoms with Crippen LogP contribution in [0, 0.1) is 5.92 Å². The molecule has 1 aromatic rings. The number of hydrogen-bond acceptors (Lipinski definition) is 4. The Labute approximate surface area is 108 Å². The molecule has 5 nitrogen and oxygen atoms in total. The van der Waals surface area contributed by atoms with E-state index in [1.54, 1.807) is 19.2 Å². The molecule has 0 aliphatic rings. The summed E-state index contributed by atoms with van der Waals surface area (Å²) in [6, 6.07) is 6.25. The van der Waals surface area contributed by atoms with Crippen molar-refractivity contribution in [2.75, 3.05) is 20.3 Å². The lowest BCUT2D eigenvalue weighted by Gasteiger charge is -2.12. The standard InChI is InChI=1S/C12H19NO4S/c1-10(9-17-2)7-13-18(15,16)12-5-3-4-11(6-12)8-14/h3-6,10,13-14H,7-9H2,1-2H3. The summed E-state index contributed by atoms with van der Waals surface area (Å²) in [4.78, 5) is 0.165. The van der Waals surface area contributed by atoms with Gasteiger partial charge in [0.25, 0.3) is 0 Å². The van der Waals surface area contributed by atoms with Crippen molar-refractivity contribution in [2.24, 2.45) is 5.92 Å². The van der Waals surface area contributed by atoms with E-state index in [4.69, 9.17) is 9.84 Å². The molecular weight excluding hydrogens is 254 g/mol. The number of methoxy groups -OCH3 is 1. The third-order valence-electron chi connectivity index (χ3n) is 2.46. The molecule has 0 radical (unpaired) electrons. The zero-order valence-electron chi connectivity index (χ0n) is 10.6. The van der Waals surface area contributed by atoms with Gasteiger partial charge < -0.3 is 9.84 Å². The lowest BCUT2D eigenvalue weighted by atomic mass is 10.2. The van der Waals surface area contributed by atoms with Crippen LogP contribution in [0.5, 0.6) is 0 Å². The van der Waals surface area contributed by atoms with Crippen LogP contribution in [-0.4, -0.2) is 33.8 Å². The Hall–Kier alpha value is -0.950. The molecule has 2 N–H and O–H groups in total. The maximum absolute atomic E-state index is 12.0. The van der Waals surface area contributed by atoms with E-state index in [1.165, 1.54) is 12.1 Å². The molecule has 102 valence electrons. The maximum Gasteiger partial charge on any atom is 0.240 e. The van der Waals surface area contributed by atoms with E-state index >= 15 is 0 Å². The maximum atomic E-state index is 12.0. The van der Waals surface area contributed by atoms with Gasteiger partial charge in [0.1, 0.15) is 0 Å². The fraction of sp³-hybridized carbons (Fsp3) is 0.500. The van der Waals surface area contributed by atoms with Crippen molar-refractivity contribution in [1.29, 1.82) is 0 Å². The zero-order valence-corrected chi connectivity index (χ0v) is 11.4. The van der Waals surface area contributed by atoms with Crippen LogP contribution in [0.3, 0.4) is 0 Å². The second-order valence-corrected chi connectivity index (χ2v) is 5.98. The van der Waals surface area contributed by atoms with Crippen LogP contribution in [-0.2, 0) is 21.4 Å². The van der Waals surface area contributed by atoms with E-state index in [-0.39, 0.29) is 17.4 Å². The van der Waals surface area contributed by atoms with Gasteiger partial charge in [-0.15, -0.1) is 0 Å². The van der Waals surface area contributed by atoms with Crippen LogP contribution in [0.15, 0.2) is 29.2 Å². The summed E-state index contributed by atoms with van der Waals surface area (Å²) in [6.07, 6.45) is 0. The Morgan fingerprint density at radius 1 is 1.44 bits per heavy atom. The summed E-state index contributed by atoms with van der Waals surface area (Å²) in [6.45, 7) is 2.54. The van der Waals surface area contributed by atoms with E-state index in [1.807, 2.05) is 6.92 Å². The molecule has 0 aliphatic carbocycles. The van der Waals surface area contributed by atoms with E-state index in [2.05, 4.69) is 4.72 Å². The second kappa shape index (κ2) is 6.84. The van der Waals surface area contributed by atoms with Crippen molar-refractivity contribution in [3.63, 3.8) is 0 Å². The van der Waals surface area contributed by atoms with Gasteiger partial charge in [-0.2, -0.15) is 0 Å². The van der Waals surface area contributed by atoms with Gasteiger partial charge in [-0.05, 0) is 23.6 Å². The summed E-state index contributed by atoms with van der Waals surface area (Å²) >= 11 is 0. The molecular formula is C12H19NO4S. The van der Waals surface area contributed by atoms with Gasteiger partial charge >= 0.3 is 0 Å². The minimum atomic E-state index is -3.52. The third kappa shape index (κ3) is 4.38. The van der Waals surface area contributed by atoms with E-state index in [0.717, 1.165) is 0 Å². The Kier molecular flexibility index (Phi) is 5.74. The number of sulfonamides is 1. The number of aliphatic hydroxyl groups excluding tert-OH is 1. The summed E-state index contributed by atoms with van der Waals surface area (Å²) < 4.78 is 31.4. The number of aliphatic hydroxyl groups is 1. The van der Waals surface area contributed by atoms with Gasteiger partial charge in [0.15, 0.2) is 0 Å². The van der Waals surface area contributed by atoms with E-state index in [9.17, 15) is 8.42 Å². The number of nitrogens with one attached hydrogen (secondary N) is 1. The molecule has 0 heterocycles. The van der Waals surface area contributed by atoms with Crippen LogP contribution < -0.4 is 4.72 Å². The fourth-order valence-corrected chi connectivity index (χ4v) is 2.72. The molecule has 1 aromatic carbocycles. The Balaban J connectivity index is 2.73. The first-order valence-corrected chi connectivity index (χ1v) is 7.16. The average molecular weight is 273 g/mol. The van der Waals surface area contributed by atoms with Crippen LogP contribution in [0.25, 0.3) is 0 Å². The molecule has 0 saturated heterocycles. The number of hydrogen-bond donors (Lipinski definition) is 2. The van der Waals surface area contributed by atoms with E-state index < -0.39 is 10.0 Å². The summed E-state index contributed by atoms with van der Waals surface area (Å²) in [7, 11) is -1.94. The van der Waals surface area contributed by atoms with Crippen molar-refractivity contribution in [3.8, 4) is 0 Å². The van der Waals surface area contributed by atoms with Crippen molar-refractivity contribution in [2.45, 2.75) is 18.4 Å². The molecule has 0 saturated carbocycles. The highest BCUT2D eigenvalue weighted by Gasteiger charge is 2.15. The van der Waals surface area contributed by atoms with Crippen molar-refractivity contribution < 1.29 is 18.3 Å². The lowest BCUT2D eigenvalue weighted by molar-refractivity contribution is 0.161. The molecule has 6 heteroatoms. The van der Waals surface area contributed by atoms with Crippen molar-refractivity contribution >= 4 is 10.0 Å². The molecule has 0 aliphatic heterocycles. The van der Waals surface area contributed by atoms with Gasteiger partial charge in [0.05, 0.1) is 11.5 Å². The van der Waals surface area contributed by atoms with Gasteiger partial charge in [0.2, 0.25) is 10.0 Å². The summed E-state index contributed by atoms with van der Waals surface area (Å²) in [5, 5.41) is 8.98. The van der Waals surface area contributed by atoms with Crippen molar-refractivity contribution in [1.82, 2.24) is 4.72 Å². The molecule has 0 aromatic heterocycles. The quantitative estimate of drug-likeness (QED) is 0.768. The predicted octanol–water partition coefficient (Wildman–Crippen LogP) is 0.740. The monoisotopic (exact) mass is 273 g/mol. The smallest absolute Gasteiger partial charge is 0.240 e. The highest BCUT2D eigenvalue weighted by atomic mass is 32.2. The normalized spacial score (nSPS) is 13.5. The summed E-state index contributed by atoms with van der Waals surface area (Å²) in [5.41, 5.74) is 0.572. The van der Waals surface area contributed by atoms with Gasteiger partial charge in [0, 0.05) is 20.3 Å².